The molecule has 0 aromatic heterocycles. The summed E-state index contributed by atoms with van der Waals surface area (Å²) in [6.07, 6.45) is 0. The molecule has 0 nitrogen and oxygen atoms in total. The summed E-state index contributed by atoms with van der Waals surface area (Å²) in [5, 5.41) is 1.25. The molecule has 60 valence electrons. The van der Waals surface area contributed by atoms with Gasteiger partial charge in [-0.3, -0.25) is 0 Å². The largest absolute Gasteiger partial charge is 0.106 e. The van der Waals surface area contributed by atoms with Crippen molar-refractivity contribution in [2.24, 2.45) is 0 Å². The highest BCUT2D eigenvalue weighted by molar-refractivity contribution is 7.27. The fraction of sp³-hybridized carbons (Fsp3) is 0.400. The second-order valence-electron chi connectivity index (χ2n) is 3.87. The molecule has 0 N–H and O–H groups in total. The fourth-order valence-electron chi connectivity index (χ4n) is 0.983. The van der Waals surface area contributed by atoms with Crippen molar-refractivity contribution in [2.45, 2.75) is 26.2 Å². The molecule has 0 radical (unpaired) electrons. The highest BCUT2D eigenvalue weighted by Gasteiger charge is 2.11. The van der Waals surface area contributed by atoms with Crippen LogP contribution in [-0.4, -0.2) is 0 Å². The van der Waals surface area contributed by atoms with Gasteiger partial charge >= 0.3 is 0 Å². The Hall–Kier alpha value is -0.350. The number of rotatable bonds is 0. The highest BCUT2D eigenvalue weighted by Crippen LogP contribution is 2.20. The van der Waals surface area contributed by atoms with Crippen molar-refractivity contribution in [1.82, 2.24) is 0 Å². The van der Waals surface area contributed by atoms with E-state index in [9.17, 15) is 0 Å². The van der Waals surface area contributed by atoms with E-state index in [2.05, 4.69) is 54.3 Å². The number of hydrogen-bond donors (Lipinski definition) is 0. The topological polar surface area (TPSA) is 0 Å². The molecule has 0 spiro atoms. The van der Waals surface area contributed by atoms with E-state index in [0.29, 0.717) is 0 Å². The summed E-state index contributed by atoms with van der Waals surface area (Å²) >= 11 is 0. The molecule has 0 saturated carbocycles. The Kier molecular flexibility index (Phi) is 2.34. The Morgan fingerprint density at radius 3 is 1.82 bits per heavy atom. The lowest BCUT2D eigenvalue weighted by atomic mass is 9.87. The van der Waals surface area contributed by atoms with Crippen LogP contribution in [0.25, 0.3) is 0 Å². The van der Waals surface area contributed by atoms with E-state index in [-0.39, 0.29) is 5.41 Å². The van der Waals surface area contributed by atoms with Gasteiger partial charge in [0.1, 0.15) is 0 Å². The molecule has 0 bridgehead atoms. The first-order chi connectivity index (χ1) is 5.00. The Morgan fingerprint density at radius 1 is 1.00 bits per heavy atom. The van der Waals surface area contributed by atoms with Crippen LogP contribution in [0.15, 0.2) is 24.3 Å². The molecular formula is C10H15P. The van der Waals surface area contributed by atoms with Crippen molar-refractivity contribution in [3.63, 3.8) is 0 Å². The number of hydrogen-bond acceptors (Lipinski definition) is 0. The lowest BCUT2D eigenvalue weighted by molar-refractivity contribution is 0.590. The van der Waals surface area contributed by atoms with Gasteiger partial charge in [0.2, 0.25) is 0 Å². The first-order valence-corrected chi connectivity index (χ1v) is 4.44. The minimum atomic E-state index is 0.276. The molecule has 1 rings (SSSR count). The van der Waals surface area contributed by atoms with Crippen LogP contribution in [0.3, 0.4) is 0 Å². The highest BCUT2D eigenvalue weighted by atomic mass is 31.0. The first-order valence-electron chi connectivity index (χ1n) is 3.86. The molecule has 0 aliphatic heterocycles. The van der Waals surface area contributed by atoms with Crippen molar-refractivity contribution < 1.29 is 0 Å². The van der Waals surface area contributed by atoms with Crippen LogP contribution in [0.2, 0.25) is 0 Å². The molecule has 1 unspecified atom stereocenters. The summed E-state index contributed by atoms with van der Waals surface area (Å²) < 4.78 is 0. The van der Waals surface area contributed by atoms with E-state index in [1.54, 1.807) is 0 Å². The third-order valence-corrected chi connectivity index (χ3v) is 2.16. The maximum absolute atomic E-state index is 2.69. The van der Waals surface area contributed by atoms with Crippen molar-refractivity contribution in [3.8, 4) is 0 Å². The SMILES string of the molecule is CC(C)(C)c1ccc(P)cc1. The Balaban J connectivity index is 2.99. The van der Waals surface area contributed by atoms with Crippen molar-refractivity contribution >= 4 is 14.5 Å². The molecule has 11 heavy (non-hydrogen) atoms. The Morgan fingerprint density at radius 2 is 1.45 bits per heavy atom. The quantitative estimate of drug-likeness (QED) is 0.519. The third-order valence-electron chi connectivity index (χ3n) is 1.78. The molecule has 0 heterocycles. The first kappa shape index (κ1) is 8.74. The van der Waals surface area contributed by atoms with Gasteiger partial charge in [-0.15, -0.1) is 9.24 Å². The van der Waals surface area contributed by atoms with Gasteiger partial charge in [-0.25, -0.2) is 0 Å². The van der Waals surface area contributed by atoms with Gasteiger partial charge in [0.15, 0.2) is 0 Å². The van der Waals surface area contributed by atoms with Crippen LogP contribution in [0.5, 0.6) is 0 Å². The van der Waals surface area contributed by atoms with Crippen molar-refractivity contribution in [3.05, 3.63) is 29.8 Å². The second-order valence-corrected chi connectivity index (χ2v) is 4.54. The standard InChI is InChI=1S/C10H15P/c1-10(2,3)8-4-6-9(11)7-5-8/h4-7H,11H2,1-3H3. The molecule has 0 saturated heterocycles. The average Bonchev–Trinajstić information content (AvgIpc) is 1.86. The number of benzene rings is 1. The molecule has 1 aromatic carbocycles. The molecule has 1 aromatic rings. The van der Waals surface area contributed by atoms with Crippen LogP contribution in [0, 0.1) is 0 Å². The summed E-state index contributed by atoms with van der Waals surface area (Å²) in [6, 6.07) is 8.63. The molecule has 0 aliphatic carbocycles. The van der Waals surface area contributed by atoms with E-state index < -0.39 is 0 Å². The smallest absolute Gasteiger partial charge is 0.0132 e. The van der Waals surface area contributed by atoms with Crippen molar-refractivity contribution in [1.29, 1.82) is 0 Å². The second kappa shape index (κ2) is 2.95. The summed E-state index contributed by atoms with van der Waals surface area (Å²) in [6.45, 7) is 6.68. The van der Waals surface area contributed by atoms with E-state index in [4.69, 9.17) is 0 Å². The van der Waals surface area contributed by atoms with E-state index in [1.807, 2.05) is 0 Å². The third kappa shape index (κ3) is 2.31. The summed E-state index contributed by atoms with van der Waals surface area (Å²) in [5.41, 5.74) is 1.67. The molecule has 0 aliphatic rings. The van der Waals surface area contributed by atoms with Crippen LogP contribution in [0.1, 0.15) is 26.3 Å². The summed E-state index contributed by atoms with van der Waals surface area (Å²) in [5.74, 6) is 0. The van der Waals surface area contributed by atoms with Crippen LogP contribution in [-0.2, 0) is 5.41 Å². The molecule has 1 heteroatoms. The monoisotopic (exact) mass is 166 g/mol. The van der Waals surface area contributed by atoms with E-state index in [0.717, 1.165) is 0 Å². The fourth-order valence-corrected chi connectivity index (χ4v) is 1.18. The normalized spacial score (nSPS) is 11.6. The van der Waals surface area contributed by atoms with Gasteiger partial charge in [0, 0.05) is 0 Å². The maximum atomic E-state index is 2.69. The van der Waals surface area contributed by atoms with Crippen molar-refractivity contribution in [2.75, 3.05) is 0 Å². The molecule has 1 atom stereocenters. The van der Waals surface area contributed by atoms with Crippen LogP contribution < -0.4 is 5.30 Å². The minimum Gasteiger partial charge on any atom is -0.106 e. The Labute approximate surface area is 71.2 Å². The zero-order valence-corrected chi connectivity index (χ0v) is 8.54. The summed E-state index contributed by atoms with van der Waals surface area (Å²) in [7, 11) is 2.69. The molecule has 0 amide bonds. The van der Waals surface area contributed by atoms with Crippen LogP contribution in [0.4, 0.5) is 0 Å². The molecular weight excluding hydrogens is 151 g/mol. The lowest BCUT2D eigenvalue weighted by Crippen LogP contribution is -2.11. The van der Waals surface area contributed by atoms with E-state index in [1.165, 1.54) is 10.9 Å². The zero-order valence-electron chi connectivity index (χ0n) is 7.39. The minimum absolute atomic E-state index is 0.276. The predicted molar refractivity (Wildman–Crippen MR) is 54.5 cm³/mol. The van der Waals surface area contributed by atoms with Crippen LogP contribution >= 0.6 is 9.24 Å². The Bertz CT molecular complexity index is 228. The average molecular weight is 166 g/mol. The van der Waals surface area contributed by atoms with Gasteiger partial charge in [0.05, 0.1) is 0 Å². The maximum Gasteiger partial charge on any atom is -0.0132 e. The van der Waals surface area contributed by atoms with Gasteiger partial charge in [-0.2, -0.15) is 0 Å². The lowest BCUT2D eigenvalue weighted by Gasteiger charge is -2.18. The van der Waals surface area contributed by atoms with Gasteiger partial charge in [0.25, 0.3) is 0 Å². The van der Waals surface area contributed by atoms with Gasteiger partial charge in [-0.1, -0.05) is 45.0 Å². The predicted octanol–water partition coefficient (Wildman–Crippen LogP) is 2.48. The zero-order chi connectivity index (χ0) is 8.48. The van der Waals surface area contributed by atoms with E-state index >= 15 is 0 Å². The summed E-state index contributed by atoms with van der Waals surface area (Å²) in [4.78, 5) is 0. The van der Waals surface area contributed by atoms with Gasteiger partial charge in [-0.05, 0) is 16.3 Å². The van der Waals surface area contributed by atoms with Gasteiger partial charge < -0.3 is 0 Å². The molecule has 0 fully saturated rings.